The van der Waals surface area contributed by atoms with Gasteiger partial charge in [-0.3, -0.25) is 9.59 Å². The molecule has 0 fully saturated rings. The first-order chi connectivity index (χ1) is 13.8. The number of esters is 1. The van der Waals surface area contributed by atoms with Gasteiger partial charge >= 0.3 is 5.97 Å². The predicted octanol–water partition coefficient (Wildman–Crippen LogP) is 3.09. The SMILES string of the molecule is CC(C)C(NC(=O)c1ccccc1Cl)C(=O)OCC(=O)NCc1ccc(F)cc1. The number of halogens is 2. The molecule has 0 saturated heterocycles. The Hall–Kier alpha value is -2.93. The third-order valence-electron chi connectivity index (χ3n) is 4.07. The molecule has 2 amide bonds. The van der Waals surface area contributed by atoms with Crippen molar-refractivity contribution in [2.45, 2.75) is 26.4 Å². The van der Waals surface area contributed by atoms with Crippen LogP contribution in [0.25, 0.3) is 0 Å². The highest BCUT2D eigenvalue weighted by atomic mass is 35.5. The molecule has 0 spiro atoms. The lowest BCUT2D eigenvalue weighted by atomic mass is 10.0. The molecule has 29 heavy (non-hydrogen) atoms. The molecular formula is C21H22ClFN2O4. The minimum atomic E-state index is -0.941. The van der Waals surface area contributed by atoms with Crippen LogP contribution in [-0.4, -0.2) is 30.4 Å². The van der Waals surface area contributed by atoms with Gasteiger partial charge in [-0.15, -0.1) is 0 Å². The van der Waals surface area contributed by atoms with Crippen molar-refractivity contribution in [2.24, 2.45) is 5.92 Å². The van der Waals surface area contributed by atoms with E-state index in [9.17, 15) is 18.8 Å². The van der Waals surface area contributed by atoms with E-state index in [1.807, 2.05) is 0 Å². The molecule has 1 atom stereocenters. The minimum Gasteiger partial charge on any atom is -0.454 e. The van der Waals surface area contributed by atoms with E-state index in [1.54, 1.807) is 50.2 Å². The molecule has 2 aromatic rings. The molecule has 2 N–H and O–H groups in total. The van der Waals surface area contributed by atoms with Gasteiger partial charge in [0.05, 0.1) is 10.6 Å². The summed E-state index contributed by atoms with van der Waals surface area (Å²) in [5.74, 6) is -2.38. The maximum absolute atomic E-state index is 12.9. The second-order valence-corrected chi connectivity index (χ2v) is 7.09. The highest BCUT2D eigenvalue weighted by Gasteiger charge is 2.27. The van der Waals surface area contributed by atoms with E-state index >= 15 is 0 Å². The van der Waals surface area contributed by atoms with Crippen molar-refractivity contribution < 1.29 is 23.5 Å². The molecule has 0 aliphatic rings. The van der Waals surface area contributed by atoms with Gasteiger partial charge in [0.2, 0.25) is 0 Å². The van der Waals surface area contributed by atoms with Crippen LogP contribution in [0.5, 0.6) is 0 Å². The summed E-state index contributed by atoms with van der Waals surface area (Å²) in [7, 11) is 0. The first-order valence-electron chi connectivity index (χ1n) is 9.01. The van der Waals surface area contributed by atoms with Crippen LogP contribution in [-0.2, 0) is 20.9 Å². The normalized spacial score (nSPS) is 11.6. The number of rotatable bonds is 8. The lowest BCUT2D eigenvalue weighted by molar-refractivity contribution is -0.151. The van der Waals surface area contributed by atoms with E-state index in [0.717, 1.165) is 0 Å². The molecule has 0 bridgehead atoms. The second-order valence-electron chi connectivity index (χ2n) is 6.69. The van der Waals surface area contributed by atoms with E-state index in [-0.39, 0.29) is 28.9 Å². The fourth-order valence-electron chi connectivity index (χ4n) is 2.44. The average Bonchev–Trinajstić information content (AvgIpc) is 2.69. The molecule has 2 rings (SSSR count). The summed E-state index contributed by atoms with van der Waals surface area (Å²) in [5.41, 5.74) is 0.947. The van der Waals surface area contributed by atoms with Gasteiger partial charge in [-0.1, -0.05) is 49.7 Å². The maximum atomic E-state index is 12.9. The van der Waals surface area contributed by atoms with Gasteiger partial charge in [0, 0.05) is 6.54 Å². The van der Waals surface area contributed by atoms with Gasteiger partial charge in [0.1, 0.15) is 11.9 Å². The van der Waals surface area contributed by atoms with Gasteiger partial charge in [0.15, 0.2) is 6.61 Å². The Balaban J connectivity index is 1.87. The smallest absolute Gasteiger partial charge is 0.329 e. The number of nitrogens with one attached hydrogen (secondary N) is 2. The summed E-state index contributed by atoms with van der Waals surface area (Å²) in [5, 5.41) is 5.43. The fourth-order valence-corrected chi connectivity index (χ4v) is 2.66. The number of amides is 2. The van der Waals surface area contributed by atoms with Crippen LogP contribution in [0.4, 0.5) is 4.39 Å². The van der Waals surface area contributed by atoms with E-state index in [2.05, 4.69) is 10.6 Å². The first-order valence-corrected chi connectivity index (χ1v) is 9.39. The predicted molar refractivity (Wildman–Crippen MR) is 107 cm³/mol. The Labute approximate surface area is 173 Å². The zero-order valence-electron chi connectivity index (χ0n) is 16.1. The lowest BCUT2D eigenvalue weighted by Crippen LogP contribution is -2.46. The molecule has 2 aromatic carbocycles. The second kappa shape index (κ2) is 10.6. The first kappa shape index (κ1) is 22.4. The summed E-state index contributed by atoms with van der Waals surface area (Å²) in [4.78, 5) is 36.7. The third-order valence-corrected chi connectivity index (χ3v) is 4.40. The molecule has 0 aromatic heterocycles. The van der Waals surface area contributed by atoms with E-state index in [4.69, 9.17) is 16.3 Å². The van der Waals surface area contributed by atoms with Crippen molar-refractivity contribution in [1.82, 2.24) is 10.6 Å². The molecule has 8 heteroatoms. The van der Waals surface area contributed by atoms with Crippen molar-refractivity contribution in [3.05, 3.63) is 70.5 Å². The Kier molecular flexibility index (Phi) is 8.15. The number of ether oxygens (including phenoxy) is 1. The van der Waals surface area contributed by atoms with Gasteiger partial charge < -0.3 is 15.4 Å². The van der Waals surface area contributed by atoms with Crippen molar-refractivity contribution in [1.29, 1.82) is 0 Å². The molecule has 0 aliphatic carbocycles. The van der Waals surface area contributed by atoms with Gasteiger partial charge in [-0.05, 0) is 35.7 Å². The third kappa shape index (κ3) is 6.87. The van der Waals surface area contributed by atoms with Crippen molar-refractivity contribution >= 4 is 29.4 Å². The zero-order chi connectivity index (χ0) is 21.4. The van der Waals surface area contributed by atoms with Crippen molar-refractivity contribution in [2.75, 3.05) is 6.61 Å². The standard InChI is InChI=1S/C21H22ClFN2O4/c1-13(2)19(25-20(27)16-5-3-4-6-17(16)22)21(28)29-12-18(26)24-11-14-7-9-15(23)10-8-14/h3-10,13,19H,11-12H2,1-2H3,(H,24,26)(H,25,27). The average molecular weight is 421 g/mol. The Morgan fingerprint density at radius 2 is 1.72 bits per heavy atom. The molecule has 0 heterocycles. The van der Waals surface area contributed by atoms with Crippen LogP contribution in [0.2, 0.25) is 5.02 Å². The fraction of sp³-hybridized carbons (Fsp3) is 0.286. The molecule has 1 unspecified atom stereocenters. The van der Waals surface area contributed by atoms with Crippen LogP contribution in [0.3, 0.4) is 0 Å². The number of benzene rings is 2. The highest BCUT2D eigenvalue weighted by Crippen LogP contribution is 2.15. The van der Waals surface area contributed by atoms with Gasteiger partial charge in [-0.2, -0.15) is 0 Å². The molecule has 0 saturated carbocycles. The lowest BCUT2D eigenvalue weighted by Gasteiger charge is -2.21. The summed E-state index contributed by atoms with van der Waals surface area (Å²) >= 11 is 6.01. The van der Waals surface area contributed by atoms with Gasteiger partial charge in [0.25, 0.3) is 11.8 Å². The summed E-state index contributed by atoms with van der Waals surface area (Å²) in [6.45, 7) is 3.17. The summed E-state index contributed by atoms with van der Waals surface area (Å²) < 4.78 is 17.9. The monoisotopic (exact) mass is 420 g/mol. The number of carbonyl (C=O) groups is 3. The van der Waals surface area contributed by atoms with Crippen LogP contribution < -0.4 is 10.6 Å². The highest BCUT2D eigenvalue weighted by molar-refractivity contribution is 6.33. The number of carbonyl (C=O) groups excluding carboxylic acids is 3. The van der Waals surface area contributed by atoms with Crippen LogP contribution in [0, 0.1) is 11.7 Å². The minimum absolute atomic E-state index is 0.174. The van der Waals surface area contributed by atoms with Crippen LogP contribution >= 0.6 is 11.6 Å². The maximum Gasteiger partial charge on any atom is 0.329 e. The quantitative estimate of drug-likeness (QED) is 0.643. The molecule has 6 nitrogen and oxygen atoms in total. The van der Waals surface area contributed by atoms with Crippen molar-refractivity contribution in [3.63, 3.8) is 0 Å². The molecule has 154 valence electrons. The van der Waals surface area contributed by atoms with E-state index < -0.39 is 30.4 Å². The van der Waals surface area contributed by atoms with E-state index in [1.165, 1.54) is 12.1 Å². The Morgan fingerprint density at radius 1 is 1.07 bits per heavy atom. The van der Waals surface area contributed by atoms with Crippen molar-refractivity contribution in [3.8, 4) is 0 Å². The topological polar surface area (TPSA) is 84.5 Å². The molecule has 0 aliphatic heterocycles. The van der Waals surface area contributed by atoms with Crippen LogP contribution in [0.1, 0.15) is 29.8 Å². The Morgan fingerprint density at radius 3 is 2.34 bits per heavy atom. The zero-order valence-corrected chi connectivity index (χ0v) is 16.8. The van der Waals surface area contributed by atoms with Crippen LogP contribution in [0.15, 0.2) is 48.5 Å². The summed E-state index contributed by atoms with van der Waals surface area (Å²) in [6, 6.07) is 11.2. The summed E-state index contributed by atoms with van der Waals surface area (Å²) in [6.07, 6.45) is 0. The van der Waals surface area contributed by atoms with E-state index in [0.29, 0.717) is 5.56 Å². The number of hydrogen-bond acceptors (Lipinski definition) is 4. The molecular weight excluding hydrogens is 399 g/mol. The number of hydrogen-bond donors (Lipinski definition) is 2. The van der Waals surface area contributed by atoms with Gasteiger partial charge in [-0.25, -0.2) is 9.18 Å². The Bertz CT molecular complexity index is 871. The molecule has 0 radical (unpaired) electrons. The largest absolute Gasteiger partial charge is 0.454 e.